The van der Waals surface area contributed by atoms with Crippen LogP contribution in [0.25, 0.3) is 11.8 Å². The quantitative estimate of drug-likeness (QED) is 0.314. The molecule has 31 heavy (non-hydrogen) atoms. The summed E-state index contributed by atoms with van der Waals surface area (Å²) in [6.07, 6.45) is 1.74. The number of imide groups is 1. The minimum absolute atomic E-state index is 0.0712. The summed E-state index contributed by atoms with van der Waals surface area (Å²) in [6.45, 7) is 3.96. The van der Waals surface area contributed by atoms with Crippen molar-refractivity contribution in [1.29, 1.82) is 0 Å². The van der Waals surface area contributed by atoms with Crippen molar-refractivity contribution in [3.63, 3.8) is 0 Å². The number of hydrogen-bond acceptors (Lipinski definition) is 6. The Hall–Kier alpha value is -3.30. The number of amides is 2. The third-order valence-corrected chi connectivity index (χ3v) is 6.60. The summed E-state index contributed by atoms with van der Waals surface area (Å²) in [5.41, 5.74) is 3.91. The van der Waals surface area contributed by atoms with Gasteiger partial charge in [-0.2, -0.15) is 0 Å². The van der Waals surface area contributed by atoms with E-state index in [1.54, 1.807) is 18.2 Å². The molecule has 0 atom stereocenters. The number of aromatic nitrogens is 1. The number of nitro benzene ring substituents is 1. The zero-order valence-electron chi connectivity index (χ0n) is 16.6. The van der Waals surface area contributed by atoms with E-state index in [9.17, 15) is 19.7 Å². The Balaban J connectivity index is 1.56. The molecule has 0 unspecified atom stereocenters. The van der Waals surface area contributed by atoms with Gasteiger partial charge in [-0.1, -0.05) is 11.8 Å². The molecule has 156 valence electrons. The first-order valence-corrected chi connectivity index (χ1v) is 10.9. The molecule has 0 aliphatic carbocycles. The summed E-state index contributed by atoms with van der Waals surface area (Å²) in [4.78, 5) is 35.9. The van der Waals surface area contributed by atoms with Crippen molar-refractivity contribution in [2.45, 2.75) is 23.6 Å². The highest BCUT2D eigenvalue weighted by molar-refractivity contribution is 8.18. The number of carbonyl (C=O) groups excluding carboxylic acids is 2. The fourth-order valence-electron chi connectivity index (χ4n) is 3.33. The lowest BCUT2D eigenvalue weighted by molar-refractivity contribution is -0.384. The Labute approximate surface area is 186 Å². The van der Waals surface area contributed by atoms with E-state index in [1.165, 1.54) is 23.9 Å². The highest BCUT2D eigenvalue weighted by Crippen LogP contribution is 2.32. The SMILES string of the molecule is Cc1cc(/C=C2/SC(=O)NC2=O)c(C)n1-c1ccc(Sc2ccc([N+](=O)[O-])cc2)cc1. The summed E-state index contributed by atoms with van der Waals surface area (Å²) in [5, 5.41) is 12.7. The third-order valence-electron chi connectivity index (χ3n) is 4.78. The molecule has 0 spiro atoms. The molecule has 4 rings (SSSR count). The standard InChI is InChI=1S/C22H17N3O4S2/c1-13-11-15(12-20-21(26)23-22(27)31-20)14(2)24(13)16-3-7-18(8-4-16)30-19-9-5-17(6-10-19)25(28)29/h3-12H,1-2H3,(H,23,26,27)/b20-12+. The second-order valence-electron chi connectivity index (χ2n) is 6.86. The van der Waals surface area contributed by atoms with E-state index >= 15 is 0 Å². The van der Waals surface area contributed by atoms with Crippen molar-refractivity contribution in [3.05, 3.63) is 86.6 Å². The van der Waals surface area contributed by atoms with Crippen molar-refractivity contribution >= 4 is 46.4 Å². The first-order chi connectivity index (χ1) is 14.8. The highest BCUT2D eigenvalue weighted by atomic mass is 32.2. The van der Waals surface area contributed by atoms with Crippen molar-refractivity contribution in [1.82, 2.24) is 9.88 Å². The van der Waals surface area contributed by atoms with E-state index in [0.717, 1.165) is 44.2 Å². The molecule has 7 nitrogen and oxygen atoms in total. The Morgan fingerprint density at radius 2 is 1.65 bits per heavy atom. The van der Waals surface area contributed by atoms with Gasteiger partial charge in [0.25, 0.3) is 16.8 Å². The number of carbonyl (C=O) groups is 2. The predicted molar refractivity (Wildman–Crippen MR) is 122 cm³/mol. The number of hydrogen-bond donors (Lipinski definition) is 1. The van der Waals surface area contributed by atoms with Gasteiger partial charge < -0.3 is 4.57 Å². The number of nitrogens with zero attached hydrogens (tertiary/aromatic N) is 2. The van der Waals surface area contributed by atoms with Crippen molar-refractivity contribution in [2.75, 3.05) is 0 Å². The molecular weight excluding hydrogens is 434 g/mol. The lowest BCUT2D eigenvalue weighted by atomic mass is 10.2. The largest absolute Gasteiger partial charge is 0.318 e. The Kier molecular flexibility index (Phi) is 5.71. The third kappa shape index (κ3) is 4.42. The first-order valence-electron chi connectivity index (χ1n) is 9.28. The molecule has 1 aliphatic rings. The van der Waals surface area contributed by atoms with Crippen LogP contribution in [0, 0.1) is 24.0 Å². The second kappa shape index (κ2) is 8.44. The smallest absolute Gasteiger partial charge is 0.290 e. The average molecular weight is 452 g/mol. The van der Waals surface area contributed by atoms with Crippen LogP contribution in [0.4, 0.5) is 10.5 Å². The van der Waals surface area contributed by atoms with E-state index in [-0.39, 0.29) is 16.8 Å². The Bertz CT molecular complexity index is 1230. The molecule has 2 amide bonds. The highest BCUT2D eigenvalue weighted by Gasteiger charge is 2.25. The molecular formula is C22H17N3O4S2. The summed E-state index contributed by atoms with van der Waals surface area (Å²) in [5.74, 6) is -0.368. The Morgan fingerprint density at radius 1 is 1.03 bits per heavy atom. The van der Waals surface area contributed by atoms with Crippen LogP contribution in [0.3, 0.4) is 0 Å². The van der Waals surface area contributed by atoms with Gasteiger partial charge in [-0.15, -0.1) is 0 Å². The maximum Gasteiger partial charge on any atom is 0.290 e. The number of nitro groups is 1. The van der Waals surface area contributed by atoms with Crippen LogP contribution in [0.1, 0.15) is 17.0 Å². The Morgan fingerprint density at radius 3 is 2.19 bits per heavy atom. The lowest BCUT2D eigenvalue weighted by Crippen LogP contribution is -2.17. The van der Waals surface area contributed by atoms with E-state index in [2.05, 4.69) is 9.88 Å². The molecule has 0 saturated carbocycles. The number of aryl methyl sites for hydroxylation is 1. The van der Waals surface area contributed by atoms with Gasteiger partial charge in [-0.25, -0.2) is 0 Å². The van der Waals surface area contributed by atoms with Gasteiger partial charge in [0.15, 0.2) is 0 Å². The van der Waals surface area contributed by atoms with Crippen molar-refractivity contribution < 1.29 is 14.5 Å². The maximum atomic E-state index is 11.8. The first kappa shape index (κ1) is 21.0. The van der Waals surface area contributed by atoms with Crippen LogP contribution in [0.15, 0.2) is 69.3 Å². The van der Waals surface area contributed by atoms with E-state index in [1.807, 2.05) is 44.2 Å². The van der Waals surface area contributed by atoms with E-state index < -0.39 is 4.92 Å². The predicted octanol–water partition coefficient (Wildman–Crippen LogP) is 5.48. The van der Waals surface area contributed by atoms with Crippen LogP contribution in [0.5, 0.6) is 0 Å². The fraction of sp³-hybridized carbons (Fsp3) is 0.0909. The molecule has 1 aliphatic heterocycles. The molecule has 0 radical (unpaired) electrons. The normalized spacial score (nSPS) is 14.8. The zero-order valence-corrected chi connectivity index (χ0v) is 18.3. The number of thioether (sulfide) groups is 1. The number of rotatable bonds is 5. The molecule has 1 N–H and O–H groups in total. The van der Waals surface area contributed by atoms with Gasteiger partial charge in [0.1, 0.15) is 0 Å². The lowest BCUT2D eigenvalue weighted by Gasteiger charge is -2.11. The minimum atomic E-state index is -0.412. The molecule has 9 heteroatoms. The topological polar surface area (TPSA) is 94.2 Å². The van der Waals surface area contributed by atoms with E-state index in [4.69, 9.17) is 0 Å². The van der Waals surface area contributed by atoms with Gasteiger partial charge in [-0.3, -0.25) is 25.0 Å². The monoisotopic (exact) mass is 451 g/mol. The number of benzene rings is 2. The summed E-state index contributed by atoms with van der Waals surface area (Å²) >= 11 is 2.43. The summed E-state index contributed by atoms with van der Waals surface area (Å²) in [7, 11) is 0. The minimum Gasteiger partial charge on any atom is -0.318 e. The van der Waals surface area contributed by atoms with Crippen LogP contribution < -0.4 is 5.32 Å². The van der Waals surface area contributed by atoms with Gasteiger partial charge in [-0.05, 0) is 79.7 Å². The van der Waals surface area contributed by atoms with Crippen LogP contribution in [-0.4, -0.2) is 20.6 Å². The molecule has 1 aromatic heterocycles. The van der Waals surface area contributed by atoms with Gasteiger partial charge in [0, 0.05) is 39.0 Å². The maximum absolute atomic E-state index is 11.8. The molecule has 1 saturated heterocycles. The van der Waals surface area contributed by atoms with Crippen LogP contribution in [0.2, 0.25) is 0 Å². The van der Waals surface area contributed by atoms with Crippen LogP contribution in [-0.2, 0) is 4.79 Å². The van der Waals surface area contributed by atoms with Crippen molar-refractivity contribution in [2.24, 2.45) is 0 Å². The van der Waals surface area contributed by atoms with Crippen LogP contribution >= 0.6 is 23.5 Å². The average Bonchev–Trinajstić information content (AvgIpc) is 3.20. The summed E-state index contributed by atoms with van der Waals surface area (Å²) in [6, 6.07) is 16.5. The summed E-state index contributed by atoms with van der Waals surface area (Å²) < 4.78 is 2.09. The zero-order chi connectivity index (χ0) is 22.1. The van der Waals surface area contributed by atoms with Crippen molar-refractivity contribution in [3.8, 4) is 5.69 Å². The second-order valence-corrected chi connectivity index (χ2v) is 9.02. The molecule has 1 fully saturated rings. The number of nitrogens with one attached hydrogen (secondary N) is 1. The molecule has 2 heterocycles. The van der Waals surface area contributed by atoms with E-state index in [0.29, 0.717) is 4.91 Å². The molecule has 0 bridgehead atoms. The van der Waals surface area contributed by atoms with Gasteiger partial charge in [0.2, 0.25) is 0 Å². The molecule has 2 aromatic carbocycles. The molecule has 3 aromatic rings. The van der Waals surface area contributed by atoms with Gasteiger partial charge in [0.05, 0.1) is 9.83 Å². The van der Waals surface area contributed by atoms with Gasteiger partial charge >= 0.3 is 0 Å². The number of non-ortho nitro benzene ring substituents is 1. The fourth-order valence-corrected chi connectivity index (χ4v) is 4.82.